The van der Waals surface area contributed by atoms with Crippen LogP contribution in [-0.4, -0.2) is 61.1 Å². The lowest BCUT2D eigenvalue weighted by Crippen LogP contribution is -2.50. The number of carbonyl (C=O) groups excluding carboxylic acids is 1. The highest BCUT2D eigenvalue weighted by atomic mass is 32.2. The minimum Gasteiger partial charge on any atom is -0.480 e. The van der Waals surface area contributed by atoms with Crippen molar-refractivity contribution < 1.29 is 14.7 Å². The normalized spacial score (nSPS) is 21.5. The Morgan fingerprint density at radius 1 is 1.62 bits per heavy atom. The second kappa shape index (κ2) is 6.84. The number of carbonyl (C=O) groups is 2. The number of amides is 2. The van der Waals surface area contributed by atoms with E-state index in [0.717, 1.165) is 12.8 Å². The van der Waals surface area contributed by atoms with Crippen LogP contribution in [0.25, 0.3) is 0 Å². The van der Waals surface area contributed by atoms with Crippen LogP contribution in [0.4, 0.5) is 4.79 Å². The number of hydrogen-bond donors (Lipinski definition) is 2. The van der Waals surface area contributed by atoms with E-state index in [1.165, 1.54) is 21.6 Å². The zero-order valence-electron chi connectivity index (χ0n) is 12.2. The first-order valence-corrected chi connectivity index (χ1v) is 7.95. The lowest BCUT2D eigenvalue weighted by Gasteiger charge is -2.31. The number of aromatic nitrogens is 2. The van der Waals surface area contributed by atoms with Crippen molar-refractivity contribution in [2.24, 2.45) is 0 Å². The summed E-state index contributed by atoms with van der Waals surface area (Å²) in [5.41, 5.74) is 0. The highest BCUT2D eigenvalue weighted by Gasteiger charge is 2.42. The van der Waals surface area contributed by atoms with Gasteiger partial charge < -0.3 is 15.0 Å². The summed E-state index contributed by atoms with van der Waals surface area (Å²) in [7, 11) is 1.66. The van der Waals surface area contributed by atoms with Gasteiger partial charge in [0.25, 0.3) is 0 Å². The van der Waals surface area contributed by atoms with Crippen molar-refractivity contribution in [3.05, 3.63) is 18.2 Å². The Kier molecular flexibility index (Phi) is 5.11. The fraction of sp³-hybridized carbons (Fsp3) is 0.615. The van der Waals surface area contributed by atoms with Crippen molar-refractivity contribution in [1.29, 1.82) is 0 Å². The van der Waals surface area contributed by atoms with Gasteiger partial charge in [0.2, 0.25) is 0 Å². The number of carboxylic acids is 1. The van der Waals surface area contributed by atoms with E-state index in [-0.39, 0.29) is 11.4 Å². The zero-order chi connectivity index (χ0) is 15.4. The van der Waals surface area contributed by atoms with Crippen molar-refractivity contribution in [1.82, 2.24) is 19.8 Å². The van der Waals surface area contributed by atoms with Gasteiger partial charge in [0, 0.05) is 25.2 Å². The van der Waals surface area contributed by atoms with E-state index in [2.05, 4.69) is 9.97 Å². The molecule has 1 saturated heterocycles. The fourth-order valence-electron chi connectivity index (χ4n) is 2.35. The van der Waals surface area contributed by atoms with Gasteiger partial charge in [-0.15, -0.1) is 11.8 Å². The molecule has 1 fully saturated rings. The van der Waals surface area contributed by atoms with Crippen LogP contribution in [0.1, 0.15) is 25.6 Å². The number of hydrogen-bond acceptors (Lipinski definition) is 4. The van der Waals surface area contributed by atoms with Gasteiger partial charge in [0.15, 0.2) is 0 Å². The second-order valence-electron chi connectivity index (χ2n) is 5.01. The van der Waals surface area contributed by atoms with Crippen molar-refractivity contribution in [2.75, 3.05) is 12.8 Å². The fourth-order valence-corrected chi connectivity index (χ4v) is 3.86. The number of urea groups is 1. The van der Waals surface area contributed by atoms with E-state index < -0.39 is 12.0 Å². The molecular formula is C13H20N4O3S. The molecular weight excluding hydrogens is 292 g/mol. The summed E-state index contributed by atoms with van der Waals surface area (Å²) in [5, 5.41) is 9.25. The average Bonchev–Trinajstić information content (AvgIpc) is 3.07. The topological polar surface area (TPSA) is 89.5 Å². The van der Waals surface area contributed by atoms with Crippen LogP contribution < -0.4 is 0 Å². The molecule has 116 valence electrons. The average molecular weight is 312 g/mol. The van der Waals surface area contributed by atoms with Crippen LogP contribution in [0.5, 0.6) is 0 Å². The molecule has 0 radical (unpaired) electrons. The molecule has 1 aromatic rings. The summed E-state index contributed by atoms with van der Waals surface area (Å²) in [6.07, 6.45) is 5.03. The van der Waals surface area contributed by atoms with Gasteiger partial charge in [0.1, 0.15) is 11.9 Å². The summed E-state index contributed by atoms with van der Waals surface area (Å²) in [4.78, 5) is 34.0. The molecule has 1 aliphatic heterocycles. The lowest BCUT2D eigenvalue weighted by atomic mass is 10.2. The summed E-state index contributed by atoms with van der Waals surface area (Å²) >= 11 is 1.54. The van der Waals surface area contributed by atoms with E-state index >= 15 is 0 Å². The number of rotatable bonds is 5. The standard InChI is InChI=1S/C13H20N4O3S/c1-3-4-11-17(9(8-21-11)12(18)19)13(20)16(2)7-10-14-5-6-15-10/h5-6,9,11H,3-4,7-8H2,1-2H3,(H,14,15)(H,18,19). The Hall–Kier alpha value is -1.70. The Balaban J connectivity index is 2.10. The van der Waals surface area contributed by atoms with Crippen molar-refractivity contribution in [2.45, 2.75) is 37.7 Å². The number of imidazole rings is 1. The van der Waals surface area contributed by atoms with Crippen molar-refractivity contribution >= 4 is 23.8 Å². The van der Waals surface area contributed by atoms with Crippen LogP contribution in [-0.2, 0) is 11.3 Å². The third kappa shape index (κ3) is 3.49. The van der Waals surface area contributed by atoms with E-state index in [1.54, 1.807) is 19.4 Å². The highest BCUT2D eigenvalue weighted by molar-refractivity contribution is 8.00. The van der Waals surface area contributed by atoms with E-state index in [0.29, 0.717) is 18.1 Å². The highest BCUT2D eigenvalue weighted by Crippen LogP contribution is 2.33. The predicted molar refractivity (Wildman–Crippen MR) is 79.9 cm³/mol. The van der Waals surface area contributed by atoms with Crippen molar-refractivity contribution in [3.63, 3.8) is 0 Å². The van der Waals surface area contributed by atoms with E-state index in [4.69, 9.17) is 0 Å². The monoisotopic (exact) mass is 312 g/mol. The Labute approximate surface area is 127 Å². The number of carboxylic acid groups (broad SMARTS) is 1. The van der Waals surface area contributed by atoms with Crippen LogP contribution in [0.2, 0.25) is 0 Å². The van der Waals surface area contributed by atoms with Gasteiger partial charge in [-0.2, -0.15) is 0 Å². The lowest BCUT2D eigenvalue weighted by molar-refractivity contribution is -0.141. The van der Waals surface area contributed by atoms with Crippen molar-refractivity contribution in [3.8, 4) is 0 Å². The number of thioether (sulfide) groups is 1. The molecule has 7 nitrogen and oxygen atoms in total. The molecule has 0 bridgehead atoms. The minimum atomic E-state index is -0.944. The molecule has 21 heavy (non-hydrogen) atoms. The molecule has 0 saturated carbocycles. The molecule has 2 unspecified atom stereocenters. The smallest absolute Gasteiger partial charge is 0.327 e. The van der Waals surface area contributed by atoms with Gasteiger partial charge in [-0.1, -0.05) is 13.3 Å². The SMILES string of the molecule is CCCC1SCC(C(=O)O)N1C(=O)N(C)Cc1ncc[nH]1. The van der Waals surface area contributed by atoms with Gasteiger partial charge in [-0.05, 0) is 6.42 Å². The molecule has 2 N–H and O–H groups in total. The maximum Gasteiger partial charge on any atom is 0.327 e. The molecule has 1 aromatic heterocycles. The molecule has 2 amide bonds. The first kappa shape index (κ1) is 15.7. The van der Waals surface area contributed by atoms with E-state index in [9.17, 15) is 14.7 Å². The largest absolute Gasteiger partial charge is 0.480 e. The number of nitrogens with one attached hydrogen (secondary N) is 1. The molecule has 0 spiro atoms. The third-order valence-electron chi connectivity index (χ3n) is 3.40. The molecule has 0 aromatic carbocycles. The molecule has 0 aliphatic carbocycles. The van der Waals surface area contributed by atoms with Crippen LogP contribution >= 0.6 is 11.8 Å². The summed E-state index contributed by atoms with van der Waals surface area (Å²) in [5.74, 6) is 0.179. The maximum atomic E-state index is 12.6. The zero-order valence-corrected chi connectivity index (χ0v) is 13.0. The number of aromatic amines is 1. The third-order valence-corrected chi connectivity index (χ3v) is 4.76. The molecule has 2 rings (SSSR count). The Bertz CT molecular complexity index is 494. The predicted octanol–water partition coefficient (Wildman–Crippen LogP) is 1.59. The Morgan fingerprint density at radius 2 is 2.38 bits per heavy atom. The maximum absolute atomic E-state index is 12.6. The minimum absolute atomic E-state index is 0.0670. The molecule has 2 heterocycles. The molecule has 8 heteroatoms. The quantitative estimate of drug-likeness (QED) is 0.862. The van der Waals surface area contributed by atoms with Gasteiger partial charge >= 0.3 is 12.0 Å². The first-order chi connectivity index (χ1) is 10.0. The first-order valence-electron chi connectivity index (χ1n) is 6.90. The number of aliphatic carboxylic acids is 1. The molecule has 2 atom stereocenters. The molecule has 1 aliphatic rings. The van der Waals surface area contributed by atoms with Gasteiger partial charge in [0.05, 0.1) is 11.9 Å². The summed E-state index contributed by atoms with van der Waals surface area (Å²) in [6.45, 7) is 2.36. The Morgan fingerprint density at radius 3 is 2.95 bits per heavy atom. The second-order valence-corrected chi connectivity index (χ2v) is 6.22. The van der Waals surface area contributed by atoms with Gasteiger partial charge in [-0.3, -0.25) is 4.90 Å². The summed E-state index contributed by atoms with van der Waals surface area (Å²) in [6, 6.07) is -1.01. The van der Waals surface area contributed by atoms with Gasteiger partial charge in [-0.25, -0.2) is 14.6 Å². The number of H-pyrrole nitrogens is 1. The number of nitrogens with zero attached hydrogens (tertiary/aromatic N) is 3. The van der Waals surface area contributed by atoms with Crippen LogP contribution in [0.15, 0.2) is 12.4 Å². The van der Waals surface area contributed by atoms with Crippen LogP contribution in [0.3, 0.4) is 0 Å². The summed E-state index contributed by atoms with van der Waals surface area (Å²) < 4.78 is 0. The van der Waals surface area contributed by atoms with E-state index in [1.807, 2.05) is 6.92 Å². The van der Waals surface area contributed by atoms with Crippen LogP contribution in [0, 0.1) is 0 Å².